The lowest BCUT2D eigenvalue weighted by atomic mass is 9.77. The first-order chi connectivity index (χ1) is 37.9. The number of phenolic OH excluding ortho intramolecular Hbond substituents is 1. The van der Waals surface area contributed by atoms with Crippen LogP contribution in [-0.2, 0) is 15.0 Å². The van der Waals surface area contributed by atoms with Gasteiger partial charge in [0.2, 0.25) is 5.91 Å². The Balaban J connectivity index is 0.738. The number of carbonyl (C=O) groups is 2. The summed E-state index contributed by atoms with van der Waals surface area (Å²) in [4.78, 5) is 50.1. The quantitative estimate of drug-likeness (QED) is 0.0376. The van der Waals surface area contributed by atoms with E-state index in [2.05, 4.69) is 59.1 Å². The van der Waals surface area contributed by atoms with Crippen molar-refractivity contribution >= 4 is 50.5 Å². The fourth-order valence-electron chi connectivity index (χ4n) is 12.0. The molecule has 4 aromatic heterocycles. The smallest absolute Gasteiger partial charge is 0.319 e. The van der Waals surface area contributed by atoms with Crippen LogP contribution in [0, 0.1) is 36.3 Å². The Morgan fingerprint density at radius 1 is 1.06 bits per heavy atom. The molecule has 412 valence electrons. The molecule has 11 rings (SSSR count). The van der Waals surface area contributed by atoms with Crippen LogP contribution in [0.2, 0.25) is 0 Å². The molecule has 5 unspecified atom stereocenters. The van der Waals surface area contributed by atoms with Crippen molar-refractivity contribution in [3.63, 3.8) is 0 Å². The SMILES string of the molecule is C#Cc1c(F)ccc2cc(O)cc(-c3ncc4c(N5CC6CCC(C5)N6)nc(OCCC5CC(C)(COc6cc(C(C)(C)CC(=O)[C@@]7(C(=O)N[C@@H](C)c8ccc(-c9scnc9C)cc8)CC(O)CN7)on6)CCN5)nc4c3F)c12. The van der Waals surface area contributed by atoms with Crippen LogP contribution in [0.3, 0.4) is 0 Å². The standard InChI is InChI=1S/C59H64F2N10O7S/c1-7-42-45(60)15-12-36-20-40(72)21-43(49(36)42)51-50(61)52-44(27-63-51)54(71-28-38-13-14-39(29-71)67-38)69-56(68-52)76-19-16-37-23-58(6,17-18-62-37)30-77-48-22-47(78-70-48)57(4,5)25-46(74)59(24-41(73)26-65-59)55(75)66-32(2)34-8-10-35(11-9-34)53-33(3)64-31-79-53/h1,8-12,15,20-22,27,31-32,37-39,41,62,65,67,72-73H,13-14,16-19,23-26,28-30H2,2-6H3,(H,66,75)/t32-,37?,38?,39?,41?,58?,59+/m0/s1. The maximum Gasteiger partial charge on any atom is 0.319 e. The van der Waals surface area contributed by atoms with Crippen molar-refractivity contribution in [3.8, 4) is 51.7 Å². The Hall–Kier alpha value is -7.15. The highest BCUT2D eigenvalue weighted by Crippen LogP contribution is 2.41. The number of rotatable bonds is 17. The number of ketones is 1. The minimum atomic E-state index is -1.65. The second-order valence-corrected chi connectivity index (χ2v) is 23.7. The average molecular weight is 1100 g/mol. The molecule has 79 heavy (non-hydrogen) atoms. The van der Waals surface area contributed by atoms with Crippen molar-refractivity contribution in [1.29, 1.82) is 0 Å². The number of piperidine rings is 1. The summed E-state index contributed by atoms with van der Waals surface area (Å²) in [5.41, 5.74) is 1.74. The zero-order chi connectivity index (χ0) is 55.4. The van der Waals surface area contributed by atoms with Crippen molar-refractivity contribution in [3.05, 3.63) is 101 Å². The van der Waals surface area contributed by atoms with E-state index in [4.69, 9.17) is 25.4 Å². The number of nitrogens with zero attached hydrogens (tertiary/aromatic N) is 6. The molecule has 2 bridgehead atoms. The third kappa shape index (κ3) is 10.7. The van der Waals surface area contributed by atoms with E-state index in [1.807, 2.05) is 57.5 Å². The van der Waals surface area contributed by atoms with Gasteiger partial charge in [-0.25, -0.2) is 13.8 Å². The first-order valence-corrected chi connectivity index (χ1v) is 27.8. The molecule has 0 saturated carbocycles. The van der Waals surface area contributed by atoms with Gasteiger partial charge in [0.15, 0.2) is 17.1 Å². The lowest BCUT2D eigenvalue weighted by molar-refractivity contribution is -0.138. The zero-order valence-electron chi connectivity index (χ0n) is 44.8. The van der Waals surface area contributed by atoms with Crippen LogP contribution in [0.1, 0.15) is 101 Å². The highest BCUT2D eigenvalue weighted by Gasteiger charge is 2.52. The number of fused-ring (bicyclic) bond motifs is 4. The molecule has 8 heterocycles. The van der Waals surface area contributed by atoms with E-state index in [1.54, 1.807) is 17.4 Å². The van der Waals surface area contributed by atoms with E-state index < -0.39 is 40.6 Å². The maximum atomic E-state index is 17.1. The second kappa shape index (κ2) is 21.5. The number of aliphatic hydroxyl groups is 1. The zero-order valence-corrected chi connectivity index (χ0v) is 45.6. The van der Waals surface area contributed by atoms with Gasteiger partial charge in [-0.1, -0.05) is 57.0 Å². The van der Waals surface area contributed by atoms with Crippen LogP contribution in [0.5, 0.6) is 17.6 Å². The number of halogens is 2. The van der Waals surface area contributed by atoms with Crippen molar-refractivity contribution in [2.45, 2.75) is 121 Å². The fraction of sp³-hybridized carbons (Fsp3) is 0.441. The lowest BCUT2D eigenvalue weighted by Crippen LogP contribution is -2.60. The number of aryl methyl sites for hydroxylation is 1. The Labute approximate surface area is 460 Å². The first-order valence-electron chi connectivity index (χ1n) is 26.9. The second-order valence-electron chi connectivity index (χ2n) is 22.8. The number of anilines is 1. The van der Waals surface area contributed by atoms with Gasteiger partial charge in [0.1, 0.15) is 34.4 Å². The largest absolute Gasteiger partial charge is 0.508 e. The third-order valence-corrected chi connectivity index (χ3v) is 17.3. The van der Waals surface area contributed by atoms with Gasteiger partial charge >= 0.3 is 6.01 Å². The van der Waals surface area contributed by atoms with Crippen molar-refractivity contribution in [2.24, 2.45) is 5.41 Å². The Bertz CT molecular complexity index is 3500. The number of aromatic hydroxyl groups is 1. The van der Waals surface area contributed by atoms with Crippen LogP contribution in [0.15, 0.2) is 70.8 Å². The molecular formula is C59H64F2N10O7S. The van der Waals surface area contributed by atoms with Gasteiger partial charge in [0, 0.05) is 84.6 Å². The van der Waals surface area contributed by atoms with Gasteiger partial charge < -0.3 is 45.1 Å². The van der Waals surface area contributed by atoms with Crippen molar-refractivity contribution in [1.82, 2.24) is 46.4 Å². The van der Waals surface area contributed by atoms with E-state index in [0.717, 1.165) is 53.9 Å². The topological polar surface area (TPSA) is 222 Å². The number of hydrogen-bond donors (Lipinski definition) is 6. The highest BCUT2D eigenvalue weighted by molar-refractivity contribution is 7.13. The molecule has 17 nitrogen and oxygen atoms in total. The summed E-state index contributed by atoms with van der Waals surface area (Å²) in [6, 6.07) is 15.2. The summed E-state index contributed by atoms with van der Waals surface area (Å²) in [5, 5.41) is 40.0. The van der Waals surface area contributed by atoms with Gasteiger partial charge in [-0.15, -0.1) is 17.8 Å². The summed E-state index contributed by atoms with van der Waals surface area (Å²) < 4.78 is 50.6. The number of carbonyl (C=O) groups excluding carboxylic acids is 2. The number of benzene rings is 3. The van der Waals surface area contributed by atoms with E-state index in [0.29, 0.717) is 48.5 Å². The van der Waals surface area contributed by atoms with Crippen LogP contribution in [-0.4, -0.2) is 116 Å². The molecule has 4 saturated heterocycles. The minimum Gasteiger partial charge on any atom is -0.508 e. The van der Waals surface area contributed by atoms with Crippen molar-refractivity contribution in [2.75, 3.05) is 44.3 Å². The summed E-state index contributed by atoms with van der Waals surface area (Å²) in [6.07, 6.45) is 10.4. The number of terminal acetylenes is 1. The molecule has 0 aliphatic carbocycles. The summed E-state index contributed by atoms with van der Waals surface area (Å²) in [5.74, 6) is 1.10. The number of ether oxygens (including phenoxy) is 2. The molecule has 4 fully saturated rings. The van der Waals surface area contributed by atoms with Crippen molar-refractivity contribution < 1.29 is 42.6 Å². The molecule has 4 aliphatic rings. The number of aliphatic hydroxyl groups excluding tert-OH is 1. The van der Waals surface area contributed by atoms with E-state index in [-0.39, 0.29) is 101 Å². The summed E-state index contributed by atoms with van der Waals surface area (Å²) in [6.45, 7) is 12.4. The molecule has 7 aromatic rings. The first kappa shape index (κ1) is 53.8. The highest BCUT2D eigenvalue weighted by atomic mass is 32.1. The van der Waals surface area contributed by atoms with Crippen LogP contribution >= 0.6 is 11.3 Å². The number of nitrogens with one attached hydrogen (secondary N) is 4. The number of thiazole rings is 1. The van der Waals surface area contributed by atoms with Gasteiger partial charge in [0.25, 0.3) is 5.88 Å². The summed E-state index contributed by atoms with van der Waals surface area (Å²) >= 11 is 1.57. The Kier molecular flexibility index (Phi) is 14.6. The number of hydrogen-bond acceptors (Lipinski definition) is 17. The van der Waals surface area contributed by atoms with Gasteiger partial charge in [-0.05, 0) is 92.4 Å². The maximum absolute atomic E-state index is 17.1. The molecule has 6 N–H and O–H groups in total. The van der Waals surface area contributed by atoms with E-state index in [1.165, 1.54) is 30.5 Å². The van der Waals surface area contributed by atoms with Crippen LogP contribution in [0.4, 0.5) is 14.6 Å². The molecule has 0 spiro atoms. The number of β-amino-alcohol motifs (C(OH)–C–C–N with tert-alkyl or cyclic N) is 1. The number of amides is 1. The predicted octanol–water partition coefficient (Wildman–Crippen LogP) is 7.98. The monoisotopic (exact) mass is 1090 g/mol. The Morgan fingerprint density at radius 3 is 2.57 bits per heavy atom. The molecule has 4 aliphatic heterocycles. The lowest BCUT2D eigenvalue weighted by Gasteiger charge is -2.38. The number of piperazine rings is 1. The van der Waals surface area contributed by atoms with Gasteiger partial charge in [0.05, 0.1) is 52.4 Å². The van der Waals surface area contributed by atoms with Gasteiger partial charge in [-0.2, -0.15) is 9.97 Å². The summed E-state index contributed by atoms with van der Waals surface area (Å²) in [7, 11) is 0. The molecule has 20 heteroatoms. The fourth-order valence-corrected chi connectivity index (χ4v) is 12.8. The van der Waals surface area contributed by atoms with Crippen LogP contribution in [0.25, 0.3) is 43.4 Å². The number of Topliss-reactive ketones (excluding diaryl/α,β-unsaturated/α-hetero) is 1. The molecule has 7 atom stereocenters. The number of aromatic nitrogens is 5. The molecule has 0 radical (unpaired) electrons. The number of phenols is 1. The number of pyridine rings is 1. The van der Waals surface area contributed by atoms with E-state index in [9.17, 15) is 19.8 Å². The van der Waals surface area contributed by atoms with E-state index >= 15 is 8.78 Å². The molecule has 3 aromatic carbocycles. The normalized spacial score (nSPS) is 23.5. The molecule has 1 amide bonds. The third-order valence-electron chi connectivity index (χ3n) is 16.3. The Morgan fingerprint density at radius 2 is 1.85 bits per heavy atom. The minimum absolute atomic E-state index is 0.000642. The predicted molar refractivity (Wildman–Crippen MR) is 296 cm³/mol. The van der Waals surface area contributed by atoms with Crippen LogP contribution < -0.4 is 35.6 Å². The average Bonchev–Trinajstić information content (AvgIpc) is 4.41. The molecular weight excluding hydrogens is 1030 g/mol. The van der Waals surface area contributed by atoms with Gasteiger partial charge in [-0.3, -0.25) is 19.9 Å².